The van der Waals surface area contributed by atoms with Crippen molar-refractivity contribution in [2.24, 2.45) is 0 Å². The number of anilines is 1. The lowest BCUT2D eigenvalue weighted by molar-refractivity contribution is -0.280. The topological polar surface area (TPSA) is 227 Å². The first-order chi connectivity index (χ1) is 26.5. The van der Waals surface area contributed by atoms with Crippen LogP contribution in [0, 0.1) is 0 Å². The van der Waals surface area contributed by atoms with Gasteiger partial charge in [-0.3, -0.25) is 28.9 Å². The number of carbonyl (C=O) groups is 6. The highest BCUT2D eigenvalue weighted by atomic mass is 32.2. The molecule has 3 aromatic carbocycles. The Balaban J connectivity index is 1.52. The predicted molar refractivity (Wildman–Crippen MR) is 194 cm³/mol. The maximum absolute atomic E-state index is 13.9. The number of nitrogens with one attached hydrogen (secondary N) is 1. The van der Waals surface area contributed by atoms with E-state index in [4.69, 9.17) is 28.4 Å². The standard InChI is InChI=1S/C38H40N2O15S/c1-6-50-29-17-24(27(19-56(5,48)49)40-35(45)25-13-10-14-26(39-20(2)41)30(25)36(40)46)15-16-28(29)54-38-34(53-22(4)43)32(52-21(3)42)31(44)33(55-38)37(47)51-18-23-11-8-7-9-12-23/h7-17,27,31-34,38,44H,6,18-19H2,1-5H3,(H,39,41). The summed E-state index contributed by atoms with van der Waals surface area (Å²) in [5, 5.41) is 13.7. The average molecular weight is 797 g/mol. The Morgan fingerprint density at radius 3 is 2.20 bits per heavy atom. The number of esters is 3. The maximum Gasteiger partial charge on any atom is 0.338 e. The number of aliphatic hydroxyl groups excluding tert-OH is 1. The Morgan fingerprint density at radius 2 is 1.57 bits per heavy atom. The zero-order valence-corrected chi connectivity index (χ0v) is 31.8. The molecule has 0 saturated carbocycles. The lowest BCUT2D eigenvalue weighted by atomic mass is 9.98. The molecule has 1 fully saturated rings. The molecular weight excluding hydrogens is 756 g/mol. The quantitative estimate of drug-likeness (QED) is 0.136. The number of benzene rings is 3. The fourth-order valence-corrected chi connectivity index (χ4v) is 7.19. The molecule has 0 spiro atoms. The Bertz CT molecular complexity index is 2120. The first-order valence-electron chi connectivity index (χ1n) is 17.3. The van der Waals surface area contributed by atoms with E-state index in [1.54, 1.807) is 37.3 Å². The highest BCUT2D eigenvalue weighted by Crippen LogP contribution is 2.40. The van der Waals surface area contributed by atoms with Gasteiger partial charge < -0.3 is 38.8 Å². The second-order valence-corrected chi connectivity index (χ2v) is 15.1. The van der Waals surface area contributed by atoms with Gasteiger partial charge in [0.1, 0.15) is 22.5 Å². The summed E-state index contributed by atoms with van der Waals surface area (Å²) in [6.07, 6.45) is -7.84. The molecule has 0 radical (unpaired) electrons. The highest BCUT2D eigenvalue weighted by molar-refractivity contribution is 7.90. The summed E-state index contributed by atoms with van der Waals surface area (Å²) in [6.45, 7) is 4.77. The van der Waals surface area contributed by atoms with Gasteiger partial charge >= 0.3 is 17.9 Å². The molecule has 298 valence electrons. The van der Waals surface area contributed by atoms with E-state index in [1.165, 1.54) is 43.3 Å². The zero-order valence-electron chi connectivity index (χ0n) is 31.0. The van der Waals surface area contributed by atoms with Crippen LogP contribution >= 0.6 is 0 Å². The molecule has 56 heavy (non-hydrogen) atoms. The average Bonchev–Trinajstić information content (AvgIpc) is 3.38. The van der Waals surface area contributed by atoms with Gasteiger partial charge in [0.05, 0.1) is 35.2 Å². The van der Waals surface area contributed by atoms with Crippen LogP contribution in [0.4, 0.5) is 5.69 Å². The summed E-state index contributed by atoms with van der Waals surface area (Å²) in [6, 6.07) is 15.5. The number of hydrogen-bond acceptors (Lipinski definition) is 15. The van der Waals surface area contributed by atoms with Gasteiger partial charge in [0, 0.05) is 27.0 Å². The van der Waals surface area contributed by atoms with E-state index in [2.05, 4.69) is 5.32 Å². The van der Waals surface area contributed by atoms with Gasteiger partial charge in [-0.2, -0.15) is 0 Å². The third-order valence-electron chi connectivity index (χ3n) is 8.50. The number of carbonyl (C=O) groups excluding carboxylic acids is 6. The molecule has 3 amide bonds. The van der Waals surface area contributed by atoms with Crippen LogP contribution < -0.4 is 14.8 Å². The summed E-state index contributed by atoms with van der Waals surface area (Å²) in [7, 11) is -3.87. The van der Waals surface area contributed by atoms with Crippen molar-refractivity contribution in [3.63, 3.8) is 0 Å². The van der Waals surface area contributed by atoms with Crippen LogP contribution in [0.3, 0.4) is 0 Å². The van der Waals surface area contributed by atoms with Gasteiger partial charge in [-0.1, -0.05) is 42.5 Å². The van der Waals surface area contributed by atoms with Gasteiger partial charge in [-0.15, -0.1) is 0 Å². The Labute approximate surface area is 321 Å². The minimum Gasteiger partial charge on any atom is -0.490 e. The Morgan fingerprint density at radius 1 is 0.893 bits per heavy atom. The lowest BCUT2D eigenvalue weighted by Crippen LogP contribution is -2.63. The van der Waals surface area contributed by atoms with Crippen LogP contribution in [0.1, 0.15) is 65.6 Å². The first-order valence-corrected chi connectivity index (χ1v) is 19.3. The molecule has 2 aliphatic rings. The monoisotopic (exact) mass is 796 g/mol. The van der Waals surface area contributed by atoms with Crippen molar-refractivity contribution in [1.82, 2.24) is 4.90 Å². The molecule has 2 N–H and O–H groups in total. The van der Waals surface area contributed by atoms with Crippen LogP contribution in [0.2, 0.25) is 0 Å². The summed E-state index contributed by atoms with van der Waals surface area (Å²) in [4.78, 5) is 78.0. The molecule has 2 aliphatic heterocycles. The number of aliphatic hydroxyl groups is 1. The number of hydrogen-bond donors (Lipinski definition) is 2. The molecule has 2 heterocycles. The van der Waals surface area contributed by atoms with Crippen molar-refractivity contribution in [3.05, 3.63) is 89.0 Å². The van der Waals surface area contributed by atoms with Crippen LogP contribution in [-0.4, -0.2) is 103 Å². The number of rotatable bonds is 14. The third kappa shape index (κ3) is 9.50. The second kappa shape index (κ2) is 17.3. The molecule has 1 saturated heterocycles. The van der Waals surface area contributed by atoms with E-state index >= 15 is 0 Å². The van der Waals surface area contributed by atoms with Crippen molar-refractivity contribution in [1.29, 1.82) is 0 Å². The van der Waals surface area contributed by atoms with Gasteiger partial charge in [-0.05, 0) is 42.3 Å². The van der Waals surface area contributed by atoms with Gasteiger partial charge in [0.25, 0.3) is 11.8 Å². The first kappa shape index (κ1) is 41.3. The van der Waals surface area contributed by atoms with Gasteiger partial charge in [0.15, 0.2) is 23.7 Å². The van der Waals surface area contributed by atoms with Crippen molar-refractivity contribution < 1.29 is 70.7 Å². The fraction of sp³-hybridized carbons (Fsp3) is 0.368. The van der Waals surface area contributed by atoms with Crippen molar-refractivity contribution in [3.8, 4) is 11.5 Å². The molecule has 6 atom stereocenters. The number of ether oxygens (including phenoxy) is 6. The number of amides is 3. The van der Waals surface area contributed by atoms with E-state index in [9.17, 15) is 42.3 Å². The predicted octanol–water partition coefficient (Wildman–Crippen LogP) is 2.50. The summed E-state index contributed by atoms with van der Waals surface area (Å²) < 4.78 is 59.5. The van der Waals surface area contributed by atoms with E-state index in [0.29, 0.717) is 5.56 Å². The molecule has 0 aromatic heterocycles. The maximum atomic E-state index is 13.9. The third-order valence-corrected chi connectivity index (χ3v) is 9.43. The summed E-state index contributed by atoms with van der Waals surface area (Å²) >= 11 is 0. The molecule has 6 unspecified atom stereocenters. The SMILES string of the molecule is CCOc1cc(C(CS(C)(=O)=O)N2C(=O)c3cccc(NC(C)=O)c3C2=O)ccc1OC1OC(C(=O)OCc2ccccc2)C(O)C(OC(C)=O)C1OC(C)=O. The van der Waals surface area contributed by atoms with Gasteiger partial charge in [-0.25, -0.2) is 13.2 Å². The molecule has 0 aliphatic carbocycles. The van der Waals surface area contributed by atoms with Crippen molar-refractivity contribution in [2.75, 3.05) is 23.9 Å². The van der Waals surface area contributed by atoms with Crippen LogP contribution in [0.5, 0.6) is 11.5 Å². The minimum atomic E-state index is -3.87. The minimum absolute atomic E-state index is 0.0196. The summed E-state index contributed by atoms with van der Waals surface area (Å²) in [5.74, 6) is -5.86. The van der Waals surface area contributed by atoms with Crippen molar-refractivity contribution >= 4 is 51.2 Å². The number of nitrogens with zero attached hydrogens (tertiary/aromatic N) is 1. The number of fused-ring (bicyclic) bond motifs is 1. The van der Waals surface area contributed by atoms with Crippen LogP contribution in [-0.2, 0) is 54.6 Å². The lowest BCUT2D eigenvalue weighted by Gasteiger charge is -2.42. The largest absolute Gasteiger partial charge is 0.490 e. The normalized spacial score (nSPS) is 21.0. The highest BCUT2D eigenvalue weighted by Gasteiger charge is 2.54. The molecular formula is C38H40N2O15S. The van der Waals surface area contributed by atoms with E-state index in [1.807, 2.05) is 0 Å². The molecule has 0 bridgehead atoms. The van der Waals surface area contributed by atoms with Crippen LogP contribution in [0.15, 0.2) is 66.7 Å². The number of sulfone groups is 1. The number of imide groups is 1. The van der Waals surface area contributed by atoms with Gasteiger partial charge in [0.2, 0.25) is 18.3 Å². The van der Waals surface area contributed by atoms with Crippen molar-refractivity contribution in [2.45, 2.75) is 71.0 Å². The molecule has 3 aromatic rings. The molecule has 17 nitrogen and oxygen atoms in total. The zero-order chi connectivity index (χ0) is 40.9. The Hall–Kier alpha value is -5.85. The molecule has 18 heteroatoms. The summed E-state index contributed by atoms with van der Waals surface area (Å²) in [5.41, 5.74) is 0.666. The van der Waals surface area contributed by atoms with E-state index < -0.39 is 88.0 Å². The fourth-order valence-electron chi connectivity index (χ4n) is 6.28. The Kier molecular flexibility index (Phi) is 12.8. The van der Waals surface area contributed by atoms with Crippen LogP contribution in [0.25, 0.3) is 0 Å². The van der Waals surface area contributed by atoms with E-state index in [0.717, 1.165) is 25.0 Å². The molecule has 5 rings (SSSR count). The second-order valence-electron chi connectivity index (χ2n) is 12.9. The smallest absolute Gasteiger partial charge is 0.338 e. The van der Waals surface area contributed by atoms with E-state index in [-0.39, 0.29) is 47.1 Å².